The van der Waals surface area contributed by atoms with Crippen molar-refractivity contribution < 1.29 is 18.8 Å². The molecule has 2 N–H and O–H groups in total. The first-order valence-corrected chi connectivity index (χ1v) is 12.7. The summed E-state index contributed by atoms with van der Waals surface area (Å²) in [4.78, 5) is 12.1. The number of benzene rings is 2. The van der Waals surface area contributed by atoms with E-state index in [2.05, 4.69) is 30.5 Å². The Labute approximate surface area is 187 Å². The van der Waals surface area contributed by atoms with E-state index >= 15 is 0 Å². The van der Waals surface area contributed by atoms with Gasteiger partial charge >= 0.3 is 0 Å². The van der Waals surface area contributed by atoms with E-state index in [1.165, 1.54) is 11.8 Å². The van der Waals surface area contributed by atoms with Gasteiger partial charge in [-0.25, -0.2) is 4.72 Å². The number of carbonyl (C=O) groups excluding carboxylic acids is 1. The molecule has 0 spiro atoms. The number of hydrogen-bond acceptors (Lipinski definition) is 4. The molecule has 31 heavy (non-hydrogen) atoms. The Kier molecular flexibility index (Phi) is 8.71. The number of hydrogen-bond donors (Lipinski definition) is 2. The van der Waals surface area contributed by atoms with E-state index in [1.807, 2.05) is 32.0 Å². The fourth-order valence-corrected chi connectivity index (χ4v) is 4.08. The van der Waals surface area contributed by atoms with E-state index in [1.54, 1.807) is 6.07 Å². The van der Waals surface area contributed by atoms with Gasteiger partial charge in [-0.3, -0.25) is 9.00 Å². The maximum atomic E-state index is 12.1. The molecule has 0 radical (unpaired) electrons. The predicted octanol–water partition coefficient (Wildman–Crippen LogP) is 4.30. The average Bonchev–Trinajstić information content (AvgIpc) is 2.66. The zero-order valence-electron chi connectivity index (χ0n) is 19.3. The van der Waals surface area contributed by atoms with Gasteiger partial charge in [-0.1, -0.05) is 26.0 Å². The van der Waals surface area contributed by atoms with Gasteiger partial charge in [0.15, 0.2) is 5.78 Å². The third-order valence-electron chi connectivity index (χ3n) is 5.20. The first kappa shape index (κ1) is 25.0. The van der Waals surface area contributed by atoms with Gasteiger partial charge in [-0.2, -0.15) is 0 Å². The molecule has 1 atom stereocenters. The molecule has 6 heteroatoms. The van der Waals surface area contributed by atoms with E-state index in [-0.39, 0.29) is 18.3 Å². The normalized spacial score (nSPS) is 13.2. The monoisotopic (exact) mass is 445 g/mol. The molecule has 2 aromatic rings. The van der Waals surface area contributed by atoms with Crippen molar-refractivity contribution in [3.63, 3.8) is 0 Å². The highest BCUT2D eigenvalue weighted by Gasteiger charge is 2.12. The fourth-order valence-electron chi connectivity index (χ4n) is 3.51. The SMILES string of the molecule is C=S(C)(=O)NCCCC(=O)COc1cc(C)c(Cc2ccc(O)c(C(C)C)c2)c(C)c1. The number of aromatic hydroxyl groups is 1. The van der Waals surface area contributed by atoms with Crippen molar-refractivity contribution in [1.29, 1.82) is 0 Å². The lowest BCUT2D eigenvalue weighted by molar-refractivity contribution is -0.121. The molecule has 1 unspecified atom stereocenters. The van der Waals surface area contributed by atoms with E-state index in [0.717, 1.165) is 28.7 Å². The molecule has 2 rings (SSSR count). The van der Waals surface area contributed by atoms with E-state index in [0.29, 0.717) is 30.9 Å². The third kappa shape index (κ3) is 8.04. The third-order valence-corrected chi connectivity index (χ3v) is 6.02. The summed E-state index contributed by atoms with van der Waals surface area (Å²) < 4.78 is 20.0. The molecule has 170 valence electrons. The Morgan fingerprint density at radius 1 is 1.19 bits per heavy atom. The number of nitrogens with one attached hydrogen (secondary N) is 1. The maximum absolute atomic E-state index is 12.1. The van der Waals surface area contributed by atoms with Gasteiger partial charge in [0.25, 0.3) is 0 Å². The van der Waals surface area contributed by atoms with Crippen LogP contribution >= 0.6 is 0 Å². The van der Waals surface area contributed by atoms with Gasteiger partial charge < -0.3 is 9.84 Å². The highest BCUT2D eigenvalue weighted by molar-refractivity contribution is 7.97. The van der Waals surface area contributed by atoms with Crippen LogP contribution in [0.15, 0.2) is 30.3 Å². The molecular weight excluding hydrogens is 410 g/mol. The second kappa shape index (κ2) is 10.8. The molecule has 0 saturated carbocycles. The number of ether oxygens (including phenoxy) is 1. The van der Waals surface area contributed by atoms with Crippen LogP contribution in [0, 0.1) is 13.8 Å². The minimum atomic E-state index is -2.23. The van der Waals surface area contributed by atoms with Gasteiger partial charge in [0, 0.05) is 28.9 Å². The average molecular weight is 446 g/mol. The fraction of sp³-hybridized carbons (Fsp3) is 0.440. The highest BCUT2D eigenvalue weighted by atomic mass is 32.2. The summed E-state index contributed by atoms with van der Waals surface area (Å²) in [5.41, 5.74) is 5.56. The largest absolute Gasteiger partial charge is 0.508 e. The van der Waals surface area contributed by atoms with Crippen molar-refractivity contribution >= 4 is 21.4 Å². The molecule has 5 nitrogen and oxygen atoms in total. The van der Waals surface area contributed by atoms with Crippen LogP contribution in [-0.4, -0.2) is 40.4 Å². The molecule has 0 saturated heterocycles. The zero-order chi connectivity index (χ0) is 23.2. The second-order valence-electron chi connectivity index (χ2n) is 8.59. The minimum absolute atomic E-state index is 0.0122. The zero-order valence-corrected chi connectivity index (χ0v) is 20.1. The molecule has 0 aromatic heterocycles. The smallest absolute Gasteiger partial charge is 0.170 e. The van der Waals surface area contributed by atoms with Crippen molar-refractivity contribution in [2.75, 3.05) is 19.4 Å². The van der Waals surface area contributed by atoms with Gasteiger partial charge in [-0.15, -0.1) is 0 Å². The summed E-state index contributed by atoms with van der Waals surface area (Å²) in [6.07, 6.45) is 3.29. The van der Waals surface area contributed by atoms with Crippen LogP contribution in [0.2, 0.25) is 0 Å². The summed E-state index contributed by atoms with van der Waals surface area (Å²) in [6, 6.07) is 9.74. The quantitative estimate of drug-likeness (QED) is 0.399. The molecule has 0 heterocycles. The summed E-state index contributed by atoms with van der Waals surface area (Å²) in [7, 11) is -2.23. The summed E-state index contributed by atoms with van der Waals surface area (Å²) in [5, 5.41) is 10.1. The number of rotatable bonds is 11. The molecule has 0 fully saturated rings. The Balaban J connectivity index is 1.98. The Morgan fingerprint density at radius 3 is 2.42 bits per heavy atom. The van der Waals surface area contributed by atoms with Crippen molar-refractivity contribution in [3.8, 4) is 11.5 Å². The van der Waals surface area contributed by atoms with Gasteiger partial charge in [0.1, 0.15) is 18.1 Å². The lowest BCUT2D eigenvalue weighted by Crippen LogP contribution is -2.23. The first-order valence-electron chi connectivity index (χ1n) is 10.6. The molecule has 0 aliphatic rings. The number of phenolic OH excluding ortho intramolecular Hbond substituents is 1. The topological polar surface area (TPSA) is 75.6 Å². The van der Waals surface area contributed by atoms with Crippen LogP contribution in [0.25, 0.3) is 0 Å². The second-order valence-corrected chi connectivity index (χ2v) is 10.9. The van der Waals surface area contributed by atoms with Crippen molar-refractivity contribution in [2.45, 2.75) is 52.9 Å². The molecule has 0 amide bonds. The Bertz CT molecular complexity index is 1000. The minimum Gasteiger partial charge on any atom is -0.508 e. The van der Waals surface area contributed by atoms with Crippen LogP contribution in [-0.2, 0) is 20.9 Å². The molecular formula is C25H35NO4S. The van der Waals surface area contributed by atoms with E-state index < -0.39 is 9.71 Å². The maximum Gasteiger partial charge on any atom is 0.170 e. The van der Waals surface area contributed by atoms with Crippen molar-refractivity contribution in [1.82, 2.24) is 4.72 Å². The summed E-state index contributed by atoms with van der Waals surface area (Å²) >= 11 is 0. The van der Waals surface area contributed by atoms with Gasteiger partial charge in [-0.05, 0) is 84.5 Å². The Morgan fingerprint density at radius 2 is 1.84 bits per heavy atom. The lowest BCUT2D eigenvalue weighted by Gasteiger charge is -2.15. The van der Waals surface area contributed by atoms with Gasteiger partial charge in [0.05, 0.1) is 0 Å². The highest BCUT2D eigenvalue weighted by Crippen LogP contribution is 2.29. The van der Waals surface area contributed by atoms with E-state index in [9.17, 15) is 14.1 Å². The van der Waals surface area contributed by atoms with Gasteiger partial charge in [0.2, 0.25) is 0 Å². The summed E-state index contributed by atoms with van der Waals surface area (Å²) in [5.74, 6) is 4.82. The van der Waals surface area contributed by atoms with Crippen molar-refractivity contribution in [3.05, 3.63) is 58.1 Å². The molecule has 0 aliphatic heterocycles. The number of Topliss-reactive ketones (excluding diaryl/α,β-unsaturated/α-hetero) is 1. The molecule has 2 aromatic carbocycles. The number of carbonyl (C=O) groups is 1. The number of phenols is 1. The number of ketones is 1. The van der Waals surface area contributed by atoms with E-state index in [4.69, 9.17) is 4.74 Å². The Hall–Kier alpha value is -2.31. The summed E-state index contributed by atoms with van der Waals surface area (Å²) in [6.45, 7) is 8.76. The molecule has 0 bridgehead atoms. The van der Waals surface area contributed by atoms with Crippen LogP contribution in [0.1, 0.15) is 60.4 Å². The van der Waals surface area contributed by atoms with Crippen LogP contribution in [0.3, 0.4) is 0 Å². The van der Waals surface area contributed by atoms with Crippen LogP contribution in [0.4, 0.5) is 0 Å². The van der Waals surface area contributed by atoms with Crippen molar-refractivity contribution in [2.24, 2.45) is 0 Å². The lowest BCUT2D eigenvalue weighted by atomic mass is 9.93. The molecule has 0 aliphatic carbocycles. The first-order chi connectivity index (χ1) is 14.5. The standard InChI is InChI=1S/C25H35NO4S/c1-17(2)23-14-20(9-10-25(23)28)15-24-18(3)12-22(13-19(24)4)30-16-21(27)8-7-11-26-31(5,6)29/h9-10,12-14,17,28H,5,7-8,11,15-16H2,1-4,6H3,(H,26,29). The predicted molar refractivity (Wildman–Crippen MR) is 130 cm³/mol. The van der Waals surface area contributed by atoms with Crippen LogP contribution < -0.4 is 9.46 Å². The van der Waals surface area contributed by atoms with Crippen LogP contribution in [0.5, 0.6) is 11.5 Å². The number of aryl methyl sites for hydroxylation is 2.